The molecule has 0 bridgehead atoms. The second kappa shape index (κ2) is 21.1. The highest BCUT2D eigenvalue weighted by Gasteiger charge is 2.36. The first kappa shape index (κ1) is 42.7. The molecule has 288 valence electrons. The van der Waals surface area contributed by atoms with Gasteiger partial charge in [-0.1, -0.05) is 128 Å². The van der Waals surface area contributed by atoms with Crippen LogP contribution in [0.15, 0.2) is 84.4 Å². The standard InChI is InChI=1S/C43H60N4O6/c1-9-10-22-38(41(50)46-36(24-28(2)3)39(48)25-35(30(6)7)40(49)44-26-29(4)5)47(37-23-16-20-33-19-14-15-21-34(33)37)42(51)31(8)45-43(52)53-27-32-17-12-11-13-18-32/h11-21,23,25,28-31,36,38-39,48H,9-10,22,24,26-27H2,1-8H3,(H,44,49)(H,45,52)(H,46,50)/b35-25+/t31-,36-,38-,39-/m0/s1. The van der Waals surface area contributed by atoms with Crippen LogP contribution in [0.2, 0.25) is 0 Å². The number of rotatable bonds is 19. The molecule has 0 fully saturated rings. The predicted octanol–water partition coefficient (Wildman–Crippen LogP) is 7.29. The van der Waals surface area contributed by atoms with Crippen molar-refractivity contribution in [3.05, 3.63) is 90.0 Å². The van der Waals surface area contributed by atoms with Gasteiger partial charge in [-0.25, -0.2) is 4.79 Å². The molecule has 0 aliphatic carbocycles. The second-order valence-electron chi connectivity index (χ2n) is 14.9. The number of aliphatic hydroxyl groups excluding tert-OH is 1. The monoisotopic (exact) mass is 728 g/mol. The van der Waals surface area contributed by atoms with Crippen molar-refractivity contribution in [3.63, 3.8) is 0 Å². The summed E-state index contributed by atoms with van der Waals surface area (Å²) >= 11 is 0. The van der Waals surface area contributed by atoms with Crippen molar-refractivity contribution in [1.82, 2.24) is 16.0 Å². The third kappa shape index (κ3) is 13.0. The number of hydrogen-bond donors (Lipinski definition) is 4. The normalized spacial score (nSPS) is 14.1. The third-order valence-electron chi connectivity index (χ3n) is 9.00. The minimum absolute atomic E-state index is 0.0358. The molecule has 3 aromatic rings. The van der Waals surface area contributed by atoms with Crippen molar-refractivity contribution in [2.45, 2.75) is 112 Å². The molecule has 53 heavy (non-hydrogen) atoms. The molecule has 0 heterocycles. The van der Waals surface area contributed by atoms with Gasteiger partial charge in [-0.2, -0.15) is 0 Å². The molecule has 4 amide bonds. The zero-order chi connectivity index (χ0) is 39.1. The van der Waals surface area contributed by atoms with Crippen molar-refractivity contribution in [3.8, 4) is 0 Å². The van der Waals surface area contributed by atoms with E-state index in [0.29, 0.717) is 37.1 Å². The molecule has 4 atom stereocenters. The average molecular weight is 729 g/mol. The van der Waals surface area contributed by atoms with Crippen LogP contribution >= 0.6 is 0 Å². The van der Waals surface area contributed by atoms with E-state index in [1.54, 1.807) is 19.1 Å². The average Bonchev–Trinajstić information content (AvgIpc) is 3.12. The van der Waals surface area contributed by atoms with E-state index in [0.717, 1.165) is 22.8 Å². The Hall–Kier alpha value is -4.70. The maximum atomic E-state index is 14.6. The van der Waals surface area contributed by atoms with Crippen LogP contribution in [-0.2, 0) is 25.7 Å². The Balaban J connectivity index is 2.01. The highest BCUT2D eigenvalue weighted by Crippen LogP contribution is 2.31. The summed E-state index contributed by atoms with van der Waals surface area (Å²) in [6.07, 6.45) is 1.79. The predicted molar refractivity (Wildman–Crippen MR) is 212 cm³/mol. The van der Waals surface area contributed by atoms with Crippen molar-refractivity contribution in [2.75, 3.05) is 11.4 Å². The number of carbonyl (C=O) groups excluding carboxylic acids is 4. The lowest BCUT2D eigenvalue weighted by atomic mass is 9.93. The Labute approximate surface area is 315 Å². The van der Waals surface area contributed by atoms with Crippen LogP contribution in [0.25, 0.3) is 10.8 Å². The summed E-state index contributed by atoms with van der Waals surface area (Å²) < 4.78 is 5.42. The van der Waals surface area contributed by atoms with Gasteiger partial charge in [0.1, 0.15) is 18.7 Å². The smallest absolute Gasteiger partial charge is 0.408 e. The highest BCUT2D eigenvalue weighted by molar-refractivity contribution is 6.09. The lowest BCUT2D eigenvalue weighted by Crippen LogP contribution is -2.58. The summed E-state index contributed by atoms with van der Waals surface area (Å²) in [6.45, 7) is 15.9. The largest absolute Gasteiger partial charge is 0.445 e. The summed E-state index contributed by atoms with van der Waals surface area (Å²) in [7, 11) is 0. The molecule has 0 saturated carbocycles. The van der Waals surface area contributed by atoms with Crippen LogP contribution in [-0.4, -0.2) is 59.7 Å². The van der Waals surface area contributed by atoms with Gasteiger partial charge in [-0.15, -0.1) is 0 Å². The number of carbonyl (C=O) groups is 4. The number of unbranched alkanes of at least 4 members (excludes halogenated alkanes) is 1. The molecule has 0 aliphatic heterocycles. The molecular formula is C43H60N4O6. The minimum Gasteiger partial charge on any atom is -0.445 e. The molecule has 0 spiro atoms. The molecule has 10 nitrogen and oxygen atoms in total. The van der Waals surface area contributed by atoms with Crippen LogP contribution in [0.1, 0.15) is 86.6 Å². The number of hydrogen-bond acceptors (Lipinski definition) is 6. The molecule has 10 heteroatoms. The molecule has 3 rings (SSSR count). The SMILES string of the molecule is CCCC[C@@H](C(=O)N[C@@H](CC(C)C)[C@@H](O)/C=C(/C(=O)NCC(C)C)C(C)C)N(C(=O)[C@H](C)NC(=O)OCc1ccccc1)c1cccc2ccccc12. The van der Waals surface area contributed by atoms with Gasteiger partial charge in [0, 0.05) is 17.5 Å². The summed E-state index contributed by atoms with van der Waals surface area (Å²) in [5.41, 5.74) is 1.77. The van der Waals surface area contributed by atoms with Crippen molar-refractivity contribution < 1.29 is 29.0 Å². The van der Waals surface area contributed by atoms with Gasteiger partial charge in [0.25, 0.3) is 0 Å². The van der Waals surface area contributed by atoms with E-state index in [4.69, 9.17) is 4.74 Å². The number of benzene rings is 3. The summed E-state index contributed by atoms with van der Waals surface area (Å²) in [6, 6.07) is 19.7. The first-order chi connectivity index (χ1) is 25.2. The van der Waals surface area contributed by atoms with Gasteiger partial charge >= 0.3 is 6.09 Å². The van der Waals surface area contributed by atoms with E-state index in [-0.39, 0.29) is 30.3 Å². The Morgan fingerprint density at radius 2 is 1.49 bits per heavy atom. The van der Waals surface area contributed by atoms with E-state index >= 15 is 0 Å². The number of nitrogens with one attached hydrogen (secondary N) is 3. The van der Waals surface area contributed by atoms with E-state index in [1.165, 1.54) is 4.90 Å². The Morgan fingerprint density at radius 3 is 2.13 bits per heavy atom. The van der Waals surface area contributed by atoms with E-state index in [9.17, 15) is 24.3 Å². The zero-order valence-electron chi connectivity index (χ0n) is 32.7. The zero-order valence-corrected chi connectivity index (χ0v) is 32.7. The van der Waals surface area contributed by atoms with Gasteiger partial charge in [0.15, 0.2) is 0 Å². The van der Waals surface area contributed by atoms with Crippen LogP contribution in [0.3, 0.4) is 0 Å². The fourth-order valence-corrected chi connectivity index (χ4v) is 6.15. The van der Waals surface area contributed by atoms with Crippen molar-refractivity contribution >= 4 is 40.3 Å². The maximum Gasteiger partial charge on any atom is 0.408 e. The van der Waals surface area contributed by atoms with E-state index in [1.807, 2.05) is 115 Å². The number of fused-ring (bicyclic) bond motifs is 1. The minimum atomic E-state index is -1.17. The molecule has 3 aromatic carbocycles. The number of aliphatic hydroxyl groups is 1. The molecule has 0 unspecified atom stereocenters. The Kier molecular flexibility index (Phi) is 17.0. The number of alkyl carbamates (subject to hydrolysis) is 1. The quantitative estimate of drug-likeness (QED) is 0.0958. The van der Waals surface area contributed by atoms with E-state index < -0.39 is 42.1 Å². The Morgan fingerprint density at radius 1 is 0.830 bits per heavy atom. The summed E-state index contributed by atoms with van der Waals surface area (Å²) in [5, 5.41) is 22.0. The number of ether oxygens (including phenoxy) is 1. The third-order valence-corrected chi connectivity index (χ3v) is 9.00. The second-order valence-corrected chi connectivity index (χ2v) is 14.9. The van der Waals surface area contributed by atoms with Gasteiger partial charge in [-0.3, -0.25) is 19.3 Å². The molecule has 0 aliphatic rings. The molecule has 0 radical (unpaired) electrons. The summed E-state index contributed by atoms with van der Waals surface area (Å²) in [4.78, 5) is 56.7. The van der Waals surface area contributed by atoms with Crippen molar-refractivity contribution in [1.29, 1.82) is 0 Å². The highest BCUT2D eigenvalue weighted by atomic mass is 16.5. The lowest BCUT2D eigenvalue weighted by molar-refractivity contribution is -0.128. The van der Waals surface area contributed by atoms with E-state index in [2.05, 4.69) is 16.0 Å². The number of amides is 4. The first-order valence-electron chi connectivity index (χ1n) is 19.0. The number of nitrogens with zero attached hydrogens (tertiary/aromatic N) is 1. The lowest BCUT2D eigenvalue weighted by Gasteiger charge is -2.35. The fourth-order valence-electron chi connectivity index (χ4n) is 6.15. The van der Waals surface area contributed by atoms with Crippen LogP contribution in [0.4, 0.5) is 10.5 Å². The van der Waals surface area contributed by atoms with Gasteiger partial charge in [-0.05, 0) is 60.6 Å². The molecular weight excluding hydrogens is 668 g/mol. The van der Waals surface area contributed by atoms with Gasteiger partial charge in [0.05, 0.1) is 17.8 Å². The van der Waals surface area contributed by atoms with Crippen molar-refractivity contribution in [2.24, 2.45) is 17.8 Å². The van der Waals surface area contributed by atoms with Crippen LogP contribution in [0.5, 0.6) is 0 Å². The van der Waals surface area contributed by atoms with Crippen LogP contribution in [0, 0.1) is 17.8 Å². The topological polar surface area (TPSA) is 137 Å². The fraction of sp³-hybridized carbons (Fsp3) is 0.488. The Bertz CT molecular complexity index is 1670. The molecule has 4 N–H and O–H groups in total. The molecule has 0 aromatic heterocycles. The van der Waals surface area contributed by atoms with Gasteiger partial charge < -0.3 is 25.8 Å². The van der Waals surface area contributed by atoms with Gasteiger partial charge in [0.2, 0.25) is 17.7 Å². The first-order valence-corrected chi connectivity index (χ1v) is 19.0. The maximum absolute atomic E-state index is 14.6. The molecule has 0 saturated heterocycles. The summed E-state index contributed by atoms with van der Waals surface area (Å²) in [5.74, 6) is -0.990. The number of anilines is 1. The van der Waals surface area contributed by atoms with Crippen LogP contribution < -0.4 is 20.9 Å².